The van der Waals surface area contributed by atoms with E-state index in [-0.39, 0.29) is 24.4 Å². The van der Waals surface area contributed by atoms with E-state index >= 15 is 0 Å². The van der Waals surface area contributed by atoms with E-state index in [4.69, 9.17) is 16.0 Å². The van der Waals surface area contributed by atoms with Crippen LogP contribution in [0.2, 0.25) is 5.02 Å². The zero-order valence-corrected chi connectivity index (χ0v) is 19.2. The zero-order valence-electron chi connectivity index (χ0n) is 18.4. The summed E-state index contributed by atoms with van der Waals surface area (Å²) in [5.41, 5.74) is 2.12. The first kappa shape index (κ1) is 22.4. The second-order valence-corrected chi connectivity index (χ2v) is 8.55. The summed E-state index contributed by atoms with van der Waals surface area (Å²) in [5, 5.41) is 4.20. The predicted molar refractivity (Wildman–Crippen MR) is 125 cm³/mol. The van der Waals surface area contributed by atoms with E-state index in [1.54, 1.807) is 0 Å². The molecule has 1 saturated heterocycles. The number of amides is 1. The second-order valence-electron chi connectivity index (χ2n) is 8.12. The number of benzene rings is 1. The van der Waals surface area contributed by atoms with Crippen LogP contribution in [0.4, 0.5) is 5.69 Å². The summed E-state index contributed by atoms with van der Waals surface area (Å²) in [6.45, 7) is 9.06. The van der Waals surface area contributed by atoms with Crippen molar-refractivity contribution in [3.05, 3.63) is 57.3 Å². The molecule has 32 heavy (non-hydrogen) atoms. The number of aryl methyl sites for hydroxylation is 3. The number of furan rings is 1. The van der Waals surface area contributed by atoms with Crippen LogP contribution in [-0.2, 0) is 11.3 Å². The lowest BCUT2D eigenvalue weighted by Crippen LogP contribution is -2.48. The fourth-order valence-electron chi connectivity index (χ4n) is 4.00. The summed E-state index contributed by atoms with van der Waals surface area (Å²) in [6.07, 6.45) is 1.67. The highest BCUT2D eigenvalue weighted by atomic mass is 35.5. The number of hydrogen-bond acceptors (Lipinski definition) is 6. The average Bonchev–Trinajstić information content (AvgIpc) is 3.08. The molecule has 0 saturated carbocycles. The number of carbonyl (C=O) groups is 1. The molecule has 0 unspecified atom stereocenters. The SMILES string of the molecule is Cc1oc2ncn(CCC(=O)NCCN3CCN(c4cccc(Cl)c4)CC3)c(=O)c2c1C. The molecule has 4 rings (SSSR count). The third-order valence-corrected chi connectivity index (χ3v) is 6.27. The van der Waals surface area contributed by atoms with E-state index in [1.165, 1.54) is 10.9 Å². The molecule has 0 spiro atoms. The minimum atomic E-state index is -0.172. The summed E-state index contributed by atoms with van der Waals surface area (Å²) >= 11 is 6.09. The van der Waals surface area contributed by atoms with Crippen molar-refractivity contribution in [1.82, 2.24) is 19.8 Å². The fraction of sp³-hybridized carbons (Fsp3) is 0.435. The molecule has 1 aliphatic rings. The first-order chi connectivity index (χ1) is 15.4. The van der Waals surface area contributed by atoms with Crippen LogP contribution in [0, 0.1) is 13.8 Å². The molecule has 0 radical (unpaired) electrons. The normalized spacial score (nSPS) is 14.8. The Morgan fingerprint density at radius 1 is 1.19 bits per heavy atom. The minimum absolute atomic E-state index is 0.0744. The first-order valence-corrected chi connectivity index (χ1v) is 11.2. The van der Waals surface area contributed by atoms with E-state index in [1.807, 2.05) is 32.0 Å². The van der Waals surface area contributed by atoms with Crippen LogP contribution in [0.1, 0.15) is 17.7 Å². The minimum Gasteiger partial charge on any atom is -0.443 e. The van der Waals surface area contributed by atoms with Crippen molar-refractivity contribution in [3.8, 4) is 0 Å². The Morgan fingerprint density at radius 3 is 2.72 bits per heavy atom. The topological polar surface area (TPSA) is 83.6 Å². The molecule has 1 N–H and O–H groups in total. The lowest BCUT2D eigenvalue weighted by Gasteiger charge is -2.36. The Balaban J connectivity index is 1.20. The van der Waals surface area contributed by atoms with Crippen LogP contribution < -0.4 is 15.8 Å². The van der Waals surface area contributed by atoms with Crippen molar-refractivity contribution < 1.29 is 9.21 Å². The third kappa shape index (κ3) is 4.97. The number of fused-ring (bicyclic) bond motifs is 1. The van der Waals surface area contributed by atoms with Gasteiger partial charge >= 0.3 is 0 Å². The number of rotatable bonds is 7. The van der Waals surface area contributed by atoms with Crippen molar-refractivity contribution >= 4 is 34.3 Å². The molecule has 1 amide bonds. The smallest absolute Gasteiger partial charge is 0.264 e. The number of nitrogens with zero attached hydrogens (tertiary/aromatic N) is 4. The van der Waals surface area contributed by atoms with Gasteiger partial charge in [-0.25, -0.2) is 4.98 Å². The number of anilines is 1. The summed E-state index contributed by atoms with van der Waals surface area (Å²) in [5.74, 6) is 0.614. The van der Waals surface area contributed by atoms with E-state index in [0.717, 1.165) is 49.0 Å². The molecule has 2 aromatic heterocycles. The van der Waals surface area contributed by atoms with E-state index in [9.17, 15) is 9.59 Å². The van der Waals surface area contributed by atoms with Crippen LogP contribution in [-0.4, -0.2) is 59.6 Å². The number of halogens is 1. The number of nitrogens with one attached hydrogen (secondary N) is 1. The van der Waals surface area contributed by atoms with Gasteiger partial charge in [-0.05, 0) is 32.0 Å². The summed E-state index contributed by atoms with van der Waals surface area (Å²) in [6, 6.07) is 7.92. The second kappa shape index (κ2) is 9.75. The van der Waals surface area contributed by atoms with Gasteiger partial charge in [-0.2, -0.15) is 0 Å². The van der Waals surface area contributed by atoms with Crippen LogP contribution in [0.15, 0.2) is 39.8 Å². The van der Waals surface area contributed by atoms with E-state index in [2.05, 4.69) is 26.2 Å². The summed E-state index contributed by atoms with van der Waals surface area (Å²) in [7, 11) is 0. The Bertz CT molecular complexity index is 1160. The number of aromatic nitrogens is 2. The molecule has 0 aliphatic carbocycles. The van der Waals surface area contributed by atoms with E-state index < -0.39 is 0 Å². The van der Waals surface area contributed by atoms with Gasteiger partial charge in [0.25, 0.3) is 5.56 Å². The van der Waals surface area contributed by atoms with Gasteiger partial charge in [0.2, 0.25) is 11.6 Å². The molecule has 9 heteroatoms. The van der Waals surface area contributed by atoms with Crippen molar-refractivity contribution in [2.24, 2.45) is 0 Å². The van der Waals surface area contributed by atoms with Crippen LogP contribution in [0.3, 0.4) is 0 Å². The molecule has 0 atom stereocenters. The predicted octanol–water partition coefficient (Wildman–Crippen LogP) is 2.59. The van der Waals surface area contributed by atoms with Gasteiger partial charge in [0.15, 0.2) is 0 Å². The average molecular weight is 458 g/mol. The fourth-order valence-corrected chi connectivity index (χ4v) is 4.18. The molecule has 1 fully saturated rings. The standard InChI is InChI=1S/C23H28ClN5O3/c1-16-17(2)32-22-21(16)23(31)29(15-26-22)8-6-20(30)25-7-9-27-10-12-28(13-11-27)19-5-3-4-18(24)14-19/h3-5,14-15H,6-13H2,1-2H3,(H,25,30). The molecule has 3 aromatic rings. The van der Waals surface area contributed by atoms with Gasteiger partial charge in [-0.3, -0.25) is 19.1 Å². The van der Waals surface area contributed by atoms with Gasteiger partial charge < -0.3 is 14.6 Å². The van der Waals surface area contributed by atoms with E-state index in [0.29, 0.717) is 23.4 Å². The molecular weight excluding hydrogens is 430 g/mol. The van der Waals surface area contributed by atoms with Gasteiger partial charge in [-0.15, -0.1) is 0 Å². The van der Waals surface area contributed by atoms with Gasteiger partial charge in [0, 0.05) is 68.5 Å². The molecule has 1 aliphatic heterocycles. The maximum Gasteiger partial charge on any atom is 0.264 e. The summed E-state index contributed by atoms with van der Waals surface area (Å²) < 4.78 is 6.96. The third-order valence-electron chi connectivity index (χ3n) is 6.03. The zero-order chi connectivity index (χ0) is 22.7. The van der Waals surface area contributed by atoms with Crippen molar-refractivity contribution in [2.45, 2.75) is 26.8 Å². The highest BCUT2D eigenvalue weighted by Gasteiger charge is 2.18. The monoisotopic (exact) mass is 457 g/mol. The van der Waals surface area contributed by atoms with Crippen LogP contribution >= 0.6 is 11.6 Å². The molecule has 170 valence electrons. The molecule has 1 aromatic carbocycles. The van der Waals surface area contributed by atoms with Crippen molar-refractivity contribution in [2.75, 3.05) is 44.2 Å². The molecule has 8 nitrogen and oxygen atoms in total. The Kier molecular flexibility index (Phi) is 6.81. The highest BCUT2D eigenvalue weighted by molar-refractivity contribution is 6.30. The Morgan fingerprint density at radius 2 is 1.97 bits per heavy atom. The lowest BCUT2D eigenvalue weighted by molar-refractivity contribution is -0.121. The maximum atomic E-state index is 12.7. The first-order valence-electron chi connectivity index (χ1n) is 10.9. The number of piperazine rings is 1. The van der Waals surface area contributed by atoms with Gasteiger partial charge in [0.1, 0.15) is 17.5 Å². The van der Waals surface area contributed by atoms with Crippen molar-refractivity contribution in [1.29, 1.82) is 0 Å². The Hall–Kier alpha value is -2.84. The van der Waals surface area contributed by atoms with Crippen molar-refractivity contribution in [3.63, 3.8) is 0 Å². The number of carbonyl (C=O) groups excluding carboxylic acids is 1. The molecule has 0 bridgehead atoms. The largest absolute Gasteiger partial charge is 0.443 e. The van der Waals surface area contributed by atoms with Gasteiger partial charge in [0.05, 0.1) is 0 Å². The van der Waals surface area contributed by atoms with Gasteiger partial charge in [-0.1, -0.05) is 17.7 Å². The van der Waals surface area contributed by atoms with Crippen LogP contribution in [0.5, 0.6) is 0 Å². The lowest BCUT2D eigenvalue weighted by atomic mass is 10.2. The number of hydrogen-bond donors (Lipinski definition) is 1. The highest BCUT2D eigenvalue weighted by Crippen LogP contribution is 2.21. The molecular formula is C23H28ClN5O3. The maximum absolute atomic E-state index is 12.7. The molecule has 3 heterocycles. The Labute approximate surface area is 191 Å². The summed E-state index contributed by atoms with van der Waals surface area (Å²) in [4.78, 5) is 33.8. The van der Waals surface area contributed by atoms with Crippen LogP contribution in [0.25, 0.3) is 11.1 Å². The quantitative estimate of drug-likeness (QED) is 0.587.